The fourth-order valence-corrected chi connectivity index (χ4v) is 1.97. The van der Waals surface area contributed by atoms with Gasteiger partial charge in [0.2, 0.25) is 0 Å². The summed E-state index contributed by atoms with van der Waals surface area (Å²) >= 11 is 0. The Kier molecular flexibility index (Phi) is 3.92. The van der Waals surface area contributed by atoms with E-state index in [4.69, 9.17) is 4.84 Å². The molecule has 7 nitrogen and oxygen atoms in total. The largest absolute Gasteiger partial charge is 0.367 e. The number of hydrogen-bond acceptors (Lipinski definition) is 6. The van der Waals surface area contributed by atoms with E-state index in [1.807, 2.05) is 6.07 Å². The number of amides is 1. The van der Waals surface area contributed by atoms with E-state index in [0.29, 0.717) is 11.4 Å². The van der Waals surface area contributed by atoms with Crippen molar-refractivity contribution in [2.24, 2.45) is 10.3 Å². The number of para-hydroxylation sites is 1. The highest BCUT2D eigenvalue weighted by Gasteiger charge is 2.31. The van der Waals surface area contributed by atoms with Gasteiger partial charge in [0, 0.05) is 12.4 Å². The molecule has 0 aliphatic carbocycles. The van der Waals surface area contributed by atoms with Crippen LogP contribution in [0.25, 0.3) is 0 Å². The van der Waals surface area contributed by atoms with E-state index in [2.05, 4.69) is 15.2 Å². The molecule has 0 atom stereocenters. The number of pyridine rings is 1. The SMILES string of the molecule is CC1=NN(c2ccccc2)C(=O)/C1=N/OC(=O)c1cccnc1. The number of benzene rings is 1. The van der Waals surface area contributed by atoms with Crippen LogP contribution in [0.4, 0.5) is 5.69 Å². The molecule has 114 valence electrons. The minimum atomic E-state index is -0.690. The van der Waals surface area contributed by atoms with E-state index >= 15 is 0 Å². The maximum atomic E-state index is 12.3. The van der Waals surface area contributed by atoms with Crippen LogP contribution in [0.1, 0.15) is 17.3 Å². The summed E-state index contributed by atoms with van der Waals surface area (Å²) in [6.45, 7) is 1.62. The fourth-order valence-electron chi connectivity index (χ4n) is 1.97. The van der Waals surface area contributed by atoms with Crippen LogP contribution in [0.2, 0.25) is 0 Å². The van der Waals surface area contributed by atoms with Crippen molar-refractivity contribution in [2.75, 3.05) is 5.01 Å². The van der Waals surface area contributed by atoms with Gasteiger partial charge in [-0.3, -0.25) is 9.78 Å². The summed E-state index contributed by atoms with van der Waals surface area (Å²) in [7, 11) is 0. The molecular formula is C16H12N4O3. The second-order valence-corrected chi connectivity index (χ2v) is 4.70. The van der Waals surface area contributed by atoms with Crippen molar-refractivity contribution in [2.45, 2.75) is 6.92 Å². The molecule has 0 radical (unpaired) electrons. The molecule has 2 aromatic rings. The van der Waals surface area contributed by atoms with Crippen LogP contribution >= 0.6 is 0 Å². The van der Waals surface area contributed by atoms with Crippen molar-refractivity contribution in [1.29, 1.82) is 0 Å². The second kappa shape index (κ2) is 6.18. The average molecular weight is 308 g/mol. The lowest BCUT2D eigenvalue weighted by Crippen LogP contribution is -2.27. The molecule has 1 aliphatic rings. The average Bonchev–Trinajstić information content (AvgIpc) is 2.88. The standard InChI is InChI=1S/C16H12N4O3/c1-11-14(19-23-16(22)12-6-5-9-17-10-12)15(21)20(18-11)13-7-3-2-4-8-13/h2-10H,1H3/b19-14+. The molecule has 1 aromatic carbocycles. The maximum absolute atomic E-state index is 12.3. The van der Waals surface area contributed by atoms with Crippen LogP contribution in [0.3, 0.4) is 0 Å². The zero-order chi connectivity index (χ0) is 16.2. The van der Waals surface area contributed by atoms with Gasteiger partial charge < -0.3 is 4.84 Å². The topological polar surface area (TPSA) is 84.2 Å². The highest BCUT2D eigenvalue weighted by molar-refractivity contribution is 6.71. The summed E-state index contributed by atoms with van der Waals surface area (Å²) in [5.74, 6) is -1.14. The smallest absolute Gasteiger partial charge is 0.312 e. The van der Waals surface area contributed by atoms with Crippen molar-refractivity contribution in [3.63, 3.8) is 0 Å². The molecule has 1 aliphatic heterocycles. The van der Waals surface area contributed by atoms with Crippen molar-refractivity contribution in [1.82, 2.24) is 4.98 Å². The van der Waals surface area contributed by atoms with Gasteiger partial charge in [-0.1, -0.05) is 23.4 Å². The Morgan fingerprint density at radius 3 is 2.65 bits per heavy atom. The monoisotopic (exact) mass is 308 g/mol. The molecule has 0 bridgehead atoms. The molecule has 0 saturated heterocycles. The number of carbonyl (C=O) groups excluding carboxylic acids is 2. The first-order chi connectivity index (χ1) is 11.2. The van der Waals surface area contributed by atoms with Crippen LogP contribution in [-0.2, 0) is 9.63 Å². The van der Waals surface area contributed by atoms with Crippen molar-refractivity contribution >= 4 is 29.0 Å². The van der Waals surface area contributed by atoms with E-state index in [9.17, 15) is 9.59 Å². The van der Waals surface area contributed by atoms with Crippen molar-refractivity contribution < 1.29 is 14.4 Å². The molecular weight excluding hydrogens is 296 g/mol. The van der Waals surface area contributed by atoms with Gasteiger partial charge in [-0.05, 0) is 31.2 Å². The molecule has 0 unspecified atom stereocenters. The molecule has 2 heterocycles. The lowest BCUT2D eigenvalue weighted by Gasteiger charge is -2.10. The third-order valence-electron chi connectivity index (χ3n) is 3.11. The first-order valence-electron chi connectivity index (χ1n) is 6.81. The molecule has 0 saturated carbocycles. The molecule has 1 amide bonds. The number of nitrogens with zero attached hydrogens (tertiary/aromatic N) is 4. The highest BCUT2D eigenvalue weighted by atomic mass is 16.7. The molecule has 0 fully saturated rings. The van der Waals surface area contributed by atoms with Gasteiger partial charge in [0.25, 0.3) is 0 Å². The Morgan fingerprint density at radius 2 is 1.96 bits per heavy atom. The molecule has 1 aromatic heterocycles. The number of hydrazone groups is 1. The van der Waals surface area contributed by atoms with Crippen LogP contribution in [0, 0.1) is 0 Å². The lowest BCUT2D eigenvalue weighted by atomic mass is 10.2. The zero-order valence-corrected chi connectivity index (χ0v) is 12.2. The Bertz CT molecular complexity index is 801. The Morgan fingerprint density at radius 1 is 1.17 bits per heavy atom. The molecule has 0 N–H and O–H groups in total. The van der Waals surface area contributed by atoms with E-state index in [-0.39, 0.29) is 11.3 Å². The minimum Gasteiger partial charge on any atom is -0.312 e. The Labute approximate surface area is 131 Å². The number of oxime groups is 1. The van der Waals surface area contributed by atoms with Gasteiger partial charge in [0.15, 0.2) is 5.71 Å². The maximum Gasteiger partial charge on any atom is 0.367 e. The fraction of sp³-hybridized carbons (Fsp3) is 0.0625. The zero-order valence-electron chi connectivity index (χ0n) is 12.2. The quantitative estimate of drug-likeness (QED) is 0.641. The van der Waals surface area contributed by atoms with Crippen molar-refractivity contribution in [3.05, 3.63) is 60.4 Å². The summed E-state index contributed by atoms with van der Waals surface area (Å²) < 4.78 is 0. The molecule has 0 spiro atoms. The minimum absolute atomic E-state index is 0.00825. The van der Waals surface area contributed by atoms with Gasteiger partial charge in [-0.25, -0.2) is 4.79 Å². The normalized spacial score (nSPS) is 15.7. The molecule has 7 heteroatoms. The molecule has 3 rings (SSSR count). The Hall–Kier alpha value is -3.35. The van der Waals surface area contributed by atoms with Gasteiger partial charge in [-0.15, -0.1) is 0 Å². The summed E-state index contributed by atoms with van der Waals surface area (Å²) in [5.41, 5.74) is 1.22. The van der Waals surface area contributed by atoms with Gasteiger partial charge in [-0.2, -0.15) is 10.1 Å². The van der Waals surface area contributed by atoms with E-state index in [1.165, 1.54) is 17.4 Å². The van der Waals surface area contributed by atoms with E-state index < -0.39 is 11.9 Å². The number of aromatic nitrogens is 1. The first-order valence-corrected chi connectivity index (χ1v) is 6.81. The third-order valence-corrected chi connectivity index (χ3v) is 3.11. The van der Waals surface area contributed by atoms with Crippen LogP contribution < -0.4 is 5.01 Å². The second-order valence-electron chi connectivity index (χ2n) is 4.70. The number of hydrogen-bond donors (Lipinski definition) is 0. The highest BCUT2D eigenvalue weighted by Crippen LogP contribution is 2.19. The van der Waals surface area contributed by atoms with E-state index in [0.717, 1.165) is 0 Å². The van der Waals surface area contributed by atoms with Crippen molar-refractivity contribution in [3.8, 4) is 0 Å². The predicted octanol–water partition coefficient (Wildman–Crippen LogP) is 2.02. The summed E-state index contributed by atoms with van der Waals surface area (Å²) in [4.78, 5) is 32.8. The number of anilines is 1. The summed E-state index contributed by atoms with van der Waals surface area (Å²) in [6.07, 6.45) is 2.90. The van der Waals surface area contributed by atoms with Gasteiger partial charge in [0.1, 0.15) is 0 Å². The summed E-state index contributed by atoms with van der Waals surface area (Å²) in [6, 6.07) is 12.1. The van der Waals surface area contributed by atoms with E-state index in [1.54, 1.807) is 43.3 Å². The predicted molar refractivity (Wildman–Crippen MR) is 84.1 cm³/mol. The van der Waals surface area contributed by atoms with Gasteiger partial charge >= 0.3 is 11.9 Å². The molecule has 23 heavy (non-hydrogen) atoms. The Balaban J connectivity index is 1.78. The van der Waals surface area contributed by atoms with Crippen LogP contribution in [0.5, 0.6) is 0 Å². The number of carbonyl (C=O) groups is 2. The van der Waals surface area contributed by atoms with Crippen LogP contribution in [-0.4, -0.2) is 28.3 Å². The lowest BCUT2D eigenvalue weighted by molar-refractivity contribution is -0.112. The third kappa shape index (κ3) is 2.98. The summed E-state index contributed by atoms with van der Waals surface area (Å²) in [5, 5.41) is 9.01. The number of rotatable bonds is 3. The first kappa shape index (κ1) is 14.6. The van der Waals surface area contributed by atoms with Crippen LogP contribution in [0.15, 0.2) is 65.1 Å². The van der Waals surface area contributed by atoms with Gasteiger partial charge in [0.05, 0.1) is 17.0 Å².